The van der Waals surface area contributed by atoms with Gasteiger partial charge in [0.15, 0.2) is 12.1 Å². The van der Waals surface area contributed by atoms with Crippen LogP contribution in [0.5, 0.6) is 0 Å². The third kappa shape index (κ3) is 1.57. The molecule has 2 aliphatic rings. The van der Waals surface area contributed by atoms with Crippen LogP contribution in [-0.2, 0) is 14.2 Å². The Morgan fingerprint density at radius 2 is 1.87 bits per heavy atom. The van der Waals surface area contributed by atoms with Crippen molar-refractivity contribution in [2.75, 3.05) is 13.2 Å². The second kappa shape index (κ2) is 3.38. The van der Waals surface area contributed by atoms with Crippen LogP contribution in [0.3, 0.4) is 0 Å². The highest BCUT2D eigenvalue weighted by Crippen LogP contribution is 2.42. The van der Waals surface area contributed by atoms with Gasteiger partial charge in [0, 0.05) is 0 Å². The summed E-state index contributed by atoms with van der Waals surface area (Å²) in [5.74, 6) is -0.848. The minimum Gasteiger partial charge on any atom is -0.394 e. The highest BCUT2D eigenvalue weighted by atomic mass is 16.8. The molecule has 6 heteroatoms. The fourth-order valence-electron chi connectivity index (χ4n) is 2.02. The topological polar surface area (TPSA) is 88.4 Å². The molecule has 2 aliphatic heterocycles. The molecule has 0 radical (unpaired) electrons. The van der Waals surface area contributed by atoms with E-state index >= 15 is 0 Å². The van der Waals surface area contributed by atoms with Crippen LogP contribution in [0, 0.1) is 0 Å². The maximum atomic E-state index is 10.1. The molecule has 0 aromatic rings. The van der Waals surface area contributed by atoms with E-state index in [0.29, 0.717) is 0 Å². The third-order valence-electron chi connectivity index (χ3n) is 2.83. The second-order valence-electron chi connectivity index (χ2n) is 4.38. The van der Waals surface area contributed by atoms with E-state index < -0.39 is 43.1 Å². The number of rotatable bonds is 2. The lowest BCUT2D eigenvalue weighted by molar-refractivity contribution is -0.237. The molecule has 2 rings (SSSR count). The lowest BCUT2D eigenvalue weighted by Gasteiger charge is -2.30. The van der Waals surface area contributed by atoms with Crippen molar-refractivity contribution in [3.63, 3.8) is 0 Å². The largest absolute Gasteiger partial charge is 0.394 e. The summed E-state index contributed by atoms with van der Waals surface area (Å²) in [6, 6.07) is 0. The standard InChI is InChI=1S/C9H16O6/c1-8(2)14-6-7(15-8)13-5(3-10)9(6,12)4-11/h5-7,10-12H,3-4H2,1-2H3/t5-,6+,7?,9+/m1/s1. The van der Waals surface area contributed by atoms with Crippen LogP contribution in [0.1, 0.15) is 13.8 Å². The summed E-state index contributed by atoms with van der Waals surface area (Å²) in [4.78, 5) is 0. The molecule has 0 aliphatic carbocycles. The lowest BCUT2D eigenvalue weighted by Crippen LogP contribution is -2.53. The fraction of sp³-hybridized carbons (Fsp3) is 1.00. The number of ether oxygens (including phenoxy) is 3. The van der Waals surface area contributed by atoms with Gasteiger partial charge in [-0.15, -0.1) is 0 Å². The molecule has 88 valence electrons. The van der Waals surface area contributed by atoms with Crippen molar-refractivity contribution in [3.8, 4) is 0 Å². The van der Waals surface area contributed by atoms with E-state index in [0.717, 1.165) is 0 Å². The summed E-state index contributed by atoms with van der Waals surface area (Å²) in [6.07, 6.45) is -2.39. The van der Waals surface area contributed by atoms with Gasteiger partial charge in [-0.05, 0) is 13.8 Å². The van der Waals surface area contributed by atoms with Crippen molar-refractivity contribution in [2.45, 2.75) is 43.7 Å². The molecule has 0 saturated carbocycles. The van der Waals surface area contributed by atoms with Gasteiger partial charge in [-0.3, -0.25) is 0 Å². The molecular weight excluding hydrogens is 204 g/mol. The molecule has 3 N–H and O–H groups in total. The summed E-state index contributed by atoms with van der Waals surface area (Å²) in [5.41, 5.74) is -1.60. The van der Waals surface area contributed by atoms with Crippen LogP contribution >= 0.6 is 0 Å². The van der Waals surface area contributed by atoms with Crippen molar-refractivity contribution >= 4 is 0 Å². The zero-order valence-corrected chi connectivity index (χ0v) is 8.71. The summed E-state index contributed by atoms with van der Waals surface area (Å²) in [5, 5.41) is 28.3. The summed E-state index contributed by atoms with van der Waals surface area (Å²) in [7, 11) is 0. The van der Waals surface area contributed by atoms with Gasteiger partial charge in [-0.25, -0.2) is 0 Å². The minimum atomic E-state index is -1.60. The van der Waals surface area contributed by atoms with Crippen LogP contribution in [0.15, 0.2) is 0 Å². The van der Waals surface area contributed by atoms with Crippen molar-refractivity contribution < 1.29 is 29.5 Å². The highest BCUT2D eigenvalue weighted by Gasteiger charge is 2.62. The van der Waals surface area contributed by atoms with E-state index in [1.54, 1.807) is 13.8 Å². The van der Waals surface area contributed by atoms with E-state index in [4.69, 9.17) is 24.4 Å². The smallest absolute Gasteiger partial charge is 0.190 e. The van der Waals surface area contributed by atoms with Gasteiger partial charge >= 0.3 is 0 Å². The lowest BCUT2D eigenvalue weighted by atomic mass is 9.94. The second-order valence-corrected chi connectivity index (χ2v) is 4.38. The van der Waals surface area contributed by atoms with Gasteiger partial charge in [0.2, 0.25) is 0 Å². The molecular formula is C9H16O6. The average Bonchev–Trinajstić information content (AvgIpc) is 2.60. The van der Waals surface area contributed by atoms with Crippen molar-refractivity contribution in [3.05, 3.63) is 0 Å². The number of fused-ring (bicyclic) bond motifs is 1. The zero-order valence-electron chi connectivity index (χ0n) is 8.71. The summed E-state index contributed by atoms with van der Waals surface area (Å²) < 4.78 is 16.1. The molecule has 6 nitrogen and oxygen atoms in total. The Kier molecular flexibility index (Phi) is 2.53. The quantitative estimate of drug-likeness (QED) is 0.529. The van der Waals surface area contributed by atoms with Crippen LogP contribution in [0.25, 0.3) is 0 Å². The minimum absolute atomic E-state index is 0.392. The normalized spacial score (nSPS) is 48.2. The Balaban J connectivity index is 2.22. The summed E-state index contributed by atoms with van der Waals surface area (Å²) in [6.45, 7) is 2.46. The van der Waals surface area contributed by atoms with Gasteiger partial charge in [0.05, 0.1) is 13.2 Å². The third-order valence-corrected chi connectivity index (χ3v) is 2.83. The van der Waals surface area contributed by atoms with Gasteiger partial charge in [0.1, 0.15) is 17.8 Å². The number of aliphatic hydroxyl groups excluding tert-OH is 2. The summed E-state index contributed by atoms with van der Waals surface area (Å²) >= 11 is 0. The van der Waals surface area contributed by atoms with Crippen LogP contribution in [-0.4, -0.2) is 58.4 Å². The van der Waals surface area contributed by atoms with Crippen molar-refractivity contribution in [2.24, 2.45) is 0 Å². The van der Waals surface area contributed by atoms with E-state index in [2.05, 4.69) is 0 Å². The molecule has 0 aromatic heterocycles. The predicted molar refractivity (Wildman–Crippen MR) is 47.8 cm³/mol. The van der Waals surface area contributed by atoms with Crippen molar-refractivity contribution in [1.82, 2.24) is 0 Å². The predicted octanol–water partition coefficient (Wildman–Crippen LogP) is -1.42. The monoisotopic (exact) mass is 220 g/mol. The van der Waals surface area contributed by atoms with Gasteiger partial charge < -0.3 is 29.5 Å². The fourth-order valence-corrected chi connectivity index (χ4v) is 2.02. The Morgan fingerprint density at radius 1 is 1.20 bits per heavy atom. The van der Waals surface area contributed by atoms with Gasteiger partial charge in [-0.2, -0.15) is 0 Å². The molecule has 1 unspecified atom stereocenters. The molecule has 2 heterocycles. The van der Waals surface area contributed by atoms with E-state index in [1.807, 2.05) is 0 Å². The SMILES string of the molecule is CC1(C)OC2O[C@H](CO)[C@@](O)(CO)[C@H]2O1. The maximum absolute atomic E-state index is 10.1. The van der Waals surface area contributed by atoms with Crippen LogP contribution in [0.4, 0.5) is 0 Å². The average molecular weight is 220 g/mol. The molecule has 2 fully saturated rings. The van der Waals surface area contributed by atoms with E-state index in [9.17, 15) is 5.11 Å². The van der Waals surface area contributed by atoms with Gasteiger partial charge in [0.25, 0.3) is 0 Å². The van der Waals surface area contributed by atoms with E-state index in [-0.39, 0.29) is 0 Å². The first-order valence-corrected chi connectivity index (χ1v) is 4.88. The first-order chi connectivity index (χ1) is 6.93. The Hall–Kier alpha value is -0.240. The number of hydrogen-bond acceptors (Lipinski definition) is 6. The molecule has 0 spiro atoms. The molecule has 0 bridgehead atoms. The molecule has 2 saturated heterocycles. The number of aliphatic hydroxyl groups is 3. The molecule has 0 amide bonds. The van der Waals surface area contributed by atoms with Crippen LogP contribution < -0.4 is 0 Å². The maximum Gasteiger partial charge on any atom is 0.190 e. The van der Waals surface area contributed by atoms with E-state index in [1.165, 1.54) is 0 Å². The highest BCUT2D eigenvalue weighted by molar-refractivity contribution is 5.04. The Bertz CT molecular complexity index is 255. The Morgan fingerprint density at radius 3 is 2.40 bits per heavy atom. The van der Waals surface area contributed by atoms with Gasteiger partial charge in [-0.1, -0.05) is 0 Å². The first-order valence-electron chi connectivity index (χ1n) is 4.88. The van der Waals surface area contributed by atoms with Crippen molar-refractivity contribution in [1.29, 1.82) is 0 Å². The Labute approximate surface area is 87.4 Å². The molecule has 4 atom stereocenters. The number of hydrogen-bond donors (Lipinski definition) is 3. The first kappa shape index (κ1) is 11.3. The van der Waals surface area contributed by atoms with Crippen LogP contribution in [0.2, 0.25) is 0 Å². The zero-order chi connectivity index (χ0) is 11.3. The molecule has 0 aromatic carbocycles. The molecule has 15 heavy (non-hydrogen) atoms.